The van der Waals surface area contributed by atoms with E-state index >= 15 is 0 Å². The second kappa shape index (κ2) is 11.3. The van der Waals surface area contributed by atoms with Gasteiger partial charge in [0.25, 0.3) is 5.91 Å². The third-order valence-corrected chi connectivity index (χ3v) is 6.32. The van der Waals surface area contributed by atoms with Crippen molar-refractivity contribution in [3.8, 4) is 5.75 Å². The number of carbonyl (C=O) groups is 3. The molecule has 2 heterocycles. The van der Waals surface area contributed by atoms with Crippen LogP contribution < -0.4 is 15.4 Å². The highest BCUT2D eigenvalue weighted by atomic mass is 16.5. The van der Waals surface area contributed by atoms with Crippen molar-refractivity contribution < 1.29 is 28.6 Å². The average Bonchev–Trinajstić information content (AvgIpc) is 2.86. The van der Waals surface area contributed by atoms with Gasteiger partial charge in [0.2, 0.25) is 11.8 Å². The van der Waals surface area contributed by atoms with Crippen LogP contribution >= 0.6 is 0 Å². The van der Waals surface area contributed by atoms with E-state index in [-0.39, 0.29) is 55.6 Å². The maximum atomic E-state index is 13.3. The highest BCUT2D eigenvalue weighted by Gasteiger charge is 2.39. The van der Waals surface area contributed by atoms with Gasteiger partial charge in [-0.05, 0) is 36.6 Å². The molecule has 186 valence electrons. The van der Waals surface area contributed by atoms with E-state index in [1.54, 1.807) is 30.1 Å². The first-order valence-corrected chi connectivity index (χ1v) is 11.7. The van der Waals surface area contributed by atoms with Gasteiger partial charge in [-0.15, -0.1) is 0 Å². The molecular weight excluding hydrogens is 450 g/mol. The lowest BCUT2D eigenvalue weighted by atomic mass is 9.94. The monoisotopic (exact) mass is 481 g/mol. The summed E-state index contributed by atoms with van der Waals surface area (Å²) in [4.78, 5) is 39.3. The van der Waals surface area contributed by atoms with Crippen LogP contribution in [0.2, 0.25) is 0 Å². The van der Waals surface area contributed by atoms with Crippen LogP contribution in [-0.4, -0.2) is 68.2 Å². The van der Waals surface area contributed by atoms with Crippen LogP contribution in [0.15, 0.2) is 48.5 Å². The largest absolute Gasteiger partial charge is 0.490 e. The van der Waals surface area contributed by atoms with E-state index in [2.05, 4.69) is 10.6 Å². The third-order valence-electron chi connectivity index (χ3n) is 6.32. The SMILES string of the molecule is COCC(=O)Nc1ccc2c(c1)C(=O)N(C)[C@@H]1CC[C@H](CC(=O)NCc3ccccc3)O[C@H]1CO2. The van der Waals surface area contributed by atoms with Crippen LogP contribution in [0.25, 0.3) is 0 Å². The van der Waals surface area contributed by atoms with E-state index < -0.39 is 0 Å². The Labute approximate surface area is 204 Å². The number of nitrogens with one attached hydrogen (secondary N) is 2. The molecular formula is C26H31N3O6. The summed E-state index contributed by atoms with van der Waals surface area (Å²) < 4.78 is 17.0. The van der Waals surface area contributed by atoms with Crippen molar-refractivity contribution in [1.82, 2.24) is 10.2 Å². The molecule has 9 heteroatoms. The van der Waals surface area contributed by atoms with Crippen LogP contribution in [0.5, 0.6) is 5.75 Å². The molecule has 1 fully saturated rings. The molecule has 0 unspecified atom stereocenters. The van der Waals surface area contributed by atoms with Gasteiger partial charge in [0.05, 0.1) is 24.1 Å². The fourth-order valence-electron chi connectivity index (χ4n) is 4.51. The molecule has 0 bridgehead atoms. The summed E-state index contributed by atoms with van der Waals surface area (Å²) in [6.07, 6.45) is 1.04. The van der Waals surface area contributed by atoms with Crippen molar-refractivity contribution in [2.75, 3.05) is 32.7 Å². The summed E-state index contributed by atoms with van der Waals surface area (Å²) in [5.74, 6) is -0.155. The molecule has 9 nitrogen and oxygen atoms in total. The molecule has 2 aliphatic heterocycles. The minimum absolute atomic E-state index is 0.0677. The van der Waals surface area contributed by atoms with Gasteiger partial charge in [0.15, 0.2) is 0 Å². The molecule has 0 spiro atoms. The van der Waals surface area contributed by atoms with Gasteiger partial charge >= 0.3 is 0 Å². The van der Waals surface area contributed by atoms with E-state index in [0.717, 1.165) is 5.56 Å². The number of carbonyl (C=O) groups excluding carboxylic acids is 3. The van der Waals surface area contributed by atoms with Crippen molar-refractivity contribution in [1.29, 1.82) is 0 Å². The quantitative estimate of drug-likeness (QED) is 0.629. The van der Waals surface area contributed by atoms with Gasteiger partial charge in [-0.3, -0.25) is 14.4 Å². The first kappa shape index (κ1) is 24.7. The number of likely N-dealkylation sites (N-methyl/N-ethyl adjacent to an activating group) is 1. The maximum Gasteiger partial charge on any atom is 0.257 e. The Morgan fingerprint density at radius 2 is 1.91 bits per heavy atom. The molecule has 2 aliphatic rings. The Bertz CT molecular complexity index is 1060. The zero-order valence-corrected chi connectivity index (χ0v) is 20.0. The van der Waals surface area contributed by atoms with Crippen LogP contribution in [0.3, 0.4) is 0 Å². The van der Waals surface area contributed by atoms with E-state index in [0.29, 0.717) is 36.4 Å². The summed E-state index contributed by atoms with van der Waals surface area (Å²) >= 11 is 0. The van der Waals surface area contributed by atoms with Crippen LogP contribution in [0, 0.1) is 0 Å². The molecule has 4 rings (SSSR count). The van der Waals surface area contributed by atoms with Crippen molar-refractivity contribution in [2.45, 2.75) is 44.1 Å². The number of ether oxygens (including phenoxy) is 3. The first-order chi connectivity index (χ1) is 16.9. The Hall–Kier alpha value is -3.43. The average molecular weight is 482 g/mol. The van der Waals surface area contributed by atoms with Crippen molar-refractivity contribution >= 4 is 23.4 Å². The maximum absolute atomic E-state index is 13.3. The van der Waals surface area contributed by atoms with Gasteiger partial charge in [0, 0.05) is 26.4 Å². The topological polar surface area (TPSA) is 106 Å². The summed E-state index contributed by atoms with van der Waals surface area (Å²) in [5, 5.41) is 5.66. The number of benzene rings is 2. The molecule has 2 aromatic carbocycles. The van der Waals surface area contributed by atoms with Crippen LogP contribution in [0.1, 0.15) is 35.2 Å². The van der Waals surface area contributed by atoms with Gasteiger partial charge in [-0.1, -0.05) is 30.3 Å². The highest BCUT2D eigenvalue weighted by molar-refractivity contribution is 6.00. The molecule has 3 amide bonds. The molecule has 1 saturated heterocycles. The molecule has 3 atom stereocenters. The van der Waals surface area contributed by atoms with Gasteiger partial charge < -0.3 is 29.7 Å². The van der Waals surface area contributed by atoms with E-state index in [1.165, 1.54) is 7.11 Å². The summed E-state index contributed by atoms with van der Waals surface area (Å²) in [6.45, 7) is 0.657. The number of amides is 3. The lowest BCUT2D eigenvalue weighted by Gasteiger charge is -2.42. The fraction of sp³-hybridized carbons (Fsp3) is 0.423. The molecule has 2 aromatic rings. The Morgan fingerprint density at radius 3 is 2.69 bits per heavy atom. The summed E-state index contributed by atoms with van der Waals surface area (Å²) in [5.41, 5.74) is 1.91. The van der Waals surface area contributed by atoms with Crippen LogP contribution in [-0.2, 0) is 25.6 Å². The van der Waals surface area contributed by atoms with Gasteiger partial charge in [0.1, 0.15) is 25.1 Å². The number of hydrogen-bond acceptors (Lipinski definition) is 6. The number of hydrogen-bond donors (Lipinski definition) is 2. The molecule has 0 aromatic heterocycles. The zero-order valence-electron chi connectivity index (χ0n) is 20.0. The predicted octanol–water partition coefficient (Wildman–Crippen LogP) is 2.36. The molecule has 0 radical (unpaired) electrons. The number of anilines is 1. The predicted molar refractivity (Wildman–Crippen MR) is 129 cm³/mol. The fourth-order valence-corrected chi connectivity index (χ4v) is 4.51. The highest BCUT2D eigenvalue weighted by Crippen LogP contribution is 2.32. The van der Waals surface area contributed by atoms with E-state index in [9.17, 15) is 14.4 Å². The number of nitrogens with zero attached hydrogens (tertiary/aromatic N) is 1. The van der Waals surface area contributed by atoms with Crippen LogP contribution in [0.4, 0.5) is 5.69 Å². The Balaban J connectivity index is 1.38. The second-order valence-electron chi connectivity index (χ2n) is 8.83. The van der Waals surface area contributed by atoms with Gasteiger partial charge in [-0.2, -0.15) is 0 Å². The second-order valence-corrected chi connectivity index (χ2v) is 8.83. The first-order valence-electron chi connectivity index (χ1n) is 11.7. The minimum Gasteiger partial charge on any atom is -0.490 e. The number of rotatable bonds is 7. The van der Waals surface area contributed by atoms with Gasteiger partial charge in [-0.25, -0.2) is 0 Å². The molecule has 35 heavy (non-hydrogen) atoms. The lowest BCUT2D eigenvalue weighted by Crippen LogP contribution is -2.53. The normalized spacial score (nSPS) is 21.6. The van der Waals surface area contributed by atoms with Crippen molar-refractivity contribution in [3.05, 3.63) is 59.7 Å². The zero-order chi connectivity index (χ0) is 24.8. The number of fused-ring (bicyclic) bond motifs is 2. The van der Waals surface area contributed by atoms with E-state index in [4.69, 9.17) is 14.2 Å². The smallest absolute Gasteiger partial charge is 0.257 e. The summed E-state index contributed by atoms with van der Waals surface area (Å²) in [6, 6.07) is 14.5. The molecule has 0 saturated carbocycles. The number of methoxy groups -OCH3 is 1. The summed E-state index contributed by atoms with van der Waals surface area (Å²) in [7, 11) is 3.19. The van der Waals surface area contributed by atoms with E-state index in [1.807, 2.05) is 30.3 Å². The van der Waals surface area contributed by atoms with Crippen molar-refractivity contribution in [2.24, 2.45) is 0 Å². The Kier molecular flexibility index (Phi) is 7.99. The third kappa shape index (κ3) is 6.17. The van der Waals surface area contributed by atoms with Crippen molar-refractivity contribution in [3.63, 3.8) is 0 Å². The molecule has 0 aliphatic carbocycles. The molecule has 2 N–H and O–H groups in total. The Morgan fingerprint density at radius 1 is 1.11 bits per heavy atom. The standard InChI is InChI=1S/C26H31N3O6/c1-29-21-10-9-19(13-24(30)27-14-17-6-4-3-5-7-17)35-23(21)15-34-22-11-8-18(12-20(22)26(29)32)28-25(31)16-33-2/h3-8,11-12,19,21,23H,9-10,13-16H2,1-2H3,(H,27,30)(H,28,31)/t19-,21-,23+/m1/s1. The lowest BCUT2D eigenvalue weighted by molar-refractivity contribution is -0.134. The minimum atomic E-state index is -0.348.